The summed E-state index contributed by atoms with van der Waals surface area (Å²) in [5, 5.41) is 21.3. The molecule has 21 heavy (non-hydrogen) atoms. The van der Waals surface area contributed by atoms with E-state index in [9.17, 15) is 9.90 Å². The molecule has 0 saturated carbocycles. The molecule has 1 aromatic heterocycles. The zero-order chi connectivity index (χ0) is 15.2. The fraction of sp³-hybridized carbons (Fsp3) is 0.133. The second-order valence-electron chi connectivity index (χ2n) is 4.36. The van der Waals surface area contributed by atoms with Crippen LogP contribution in [0.3, 0.4) is 0 Å². The molecule has 0 bridgehead atoms. The maximum absolute atomic E-state index is 12.1. The third-order valence-corrected chi connectivity index (χ3v) is 3.73. The van der Waals surface area contributed by atoms with Gasteiger partial charge in [0.1, 0.15) is 17.4 Å². The summed E-state index contributed by atoms with van der Waals surface area (Å²) in [5.74, 6) is -0.374. The number of nitriles is 1. The lowest BCUT2D eigenvalue weighted by Gasteiger charge is -2.11. The molecule has 0 aliphatic heterocycles. The summed E-state index contributed by atoms with van der Waals surface area (Å²) in [6.07, 6.45) is 3.12. The zero-order valence-corrected chi connectivity index (χ0v) is 12.1. The predicted molar refractivity (Wildman–Crippen MR) is 80.4 cm³/mol. The molecule has 106 valence electrons. The van der Waals surface area contributed by atoms with Gasteiger partial charge in [-0.1, -0.05) is 12.1 Å². The molecule has 1 unspecified atom stereocenters. The molecule has 5 nitrogen and oxygen atoms in total. The van der Waals surface area contributed by atoms with E-state index in [1.54, 1.807) is 23.8 Å². The van der Waals surface area contributed by atoms with E-state index in [1.165, 1.54) is 29.5 Å². The van der Waals surface area contributed by atoms with Crippen LogP contribution in [0.4, 0.5) is 0 Å². The van der Waals surface area contributed by atoms with Crippen LogP contribution in [0.5, 0.6) is 5.75 Å². The van der Waals surface area contributed by atoms with Gasteiger partial charge < -0.3 is 10.4 Å². The first-order valence-corrected chi connectivity index (χ1v) is 7.08. The molecule has 1 aromatic carbocycles. The smallest absolute Gasteiger partial charge is 0.262 e. The van der Waals surface area contributed by atoms with Crippen molar-refractivity contribution in [2.75, 3.05) is 0 Å². The monoisotopic (exact) mass is 299 g/mol. The average Bonchev–Trinajstić information content (AvgIpc) is 2.99. The van der Waals surface area contributed by atoms with Gasteiger partial charge in [0.15, 0.2) is 0 Å². The van der Waals surface area contributed by atoms with Crippen LogP contribution in [-0.2, 0) is 4.79 Å². The van der Waals surface area contributed by atoms with Gasteiger partial charge in [-0.15, -0.1) is 11.3 Å². The number of hydrogen-bond acceptors (Lipinski definition) is 5. The normalized spacial score (nSPS) is 12.5. The molecule has 0 aliphatic carbocycles. The van der Waals surface area contributed by atoms with Crippen molar-refractivity contribution >= 4 is 23.3 Å². The second kappa shape index (κ2) is 6.68. The quantitative estimate of drug-likeness (QED) is 0.671. The lowest BCUT2D eigenvalue weighted by molar-refractivity contribution is -0.117. The van der Waals surface area contributed by atoms with Crippen molar-refractivity contribution in [3.8, 4) is 11.8 Å². The Labute approximate surface area is 126 Å². The maximum atomic E-state index is 12.1. The number of rotatable bonds is 4. The fourth-order valence-corrected chi connectivity index (χ4v) is 2.34. The average molecular weight is 299 g/mol. The number of nitrogens with one attached hydrogen (secondary N) is 1. The van der Waals surface area contributed by atoms with E-state index in [0.717, 1.165) is 4.88 Å². The van der Waals surface area contributed by atoms with Gasteiger partial charge in [-0.25, -0.2) is 0 Å². The summed E-state index contributed by atoms with van der Waals surface area (Å²) in [7, 11) is 0. The Morgan fingerprint density at radius 2 is 2.38 bits per heavy atom. The van der Waals surface area contributed by atoms with E-state index in [0.29, 0.717) is 5.56 Å². The van der Waals surface area contributed by atoms with Crippen molar-refractivity contribution in [3.63, 3.8) is 0 Å². The van der Waals surface area contributed by atoms with Crippen LogP contribution in [-0.4, -0.2) is 16.0 Å². The number of amides is 1. The minimum absolute atomic E-state index is 0.0167. The maximum Gasteiger partial charge on any atom is 0.262 e. The minimum atomic E-state index is -0.457. The van der Waals surface area contributed by atoms with Crippen molar-refractivity contribution in [2.45, 2.75) is 13.0 Å². The molecular weight excluding hydrogens is 286 g/mol. The number of thiazole rings is 1. The molecule has 0 radical (unpaired) electrons. The van der Waals surface area contributed by atoms with E-state index in [1.807, 2.05) is 13.0 Å². The van der Waals surface area contributed by atoms with E-state index in [4.69, 9.17) is 5.26 Å². The van der Waals surface area contributed by atoms with Crippen molar-refractivity contribution in [3.05, 3.63) is 52.0 Å². The van der Waals surface area contributed by atoms with Gasteiger partial charge in [0, 0.05) is 11.1 Å². The lowest BCUT2D eigenvalue weighted by Crippen LogP contribution is -2.27. The first-order chi connectivity index (χ1) is 10.1. The summed E-state index contributed by atoms with van der Waals surface area (Å²) in [6.45, 7) is 1.83. The second-order valence-corrected chi connectivity index (χ2v) is 5.28. The first-order valence-electron chi connectivity index (χ1n) is 6.20. The van der Waals surface area contributed by atoms with Crippen molar-refractivity contribution in [1.29, 1.82) is 5.26 Å². The Morgan fingerprint density at radius 3 is 3.00 bits per heavy atom. The lowest BCUT2D eigenvalue weighted by atomic mass is 10.1. The number of nitrogens with zero attached hydrogens (tertiary/aromatic N) is 2. The van der Waals surface area contributed by atoms with Crippen LogP contribution < -0.4 is 5.32 Å². The van der Waals surface area contributed by atoms with Gasteiger partial charge in [-0.3, -0.25) is 9.78 Å². The van der Waals surface area contributed by atoms with Gasteiger partial charge in [0.25, 0.3) is 5.91 Å². The van der Waals surface area contributed by atoms with Gasteiger partial charge in [0.05, 0.1) is 11.6 Å². The number of benzene rings is 1. The molecule has 0 spiro atoms. The van der Waals surface area contributed by atoms with Crippen LogP contribution in [0.2, 0.25) is 0 Å². The van der Waals surface area contributed by atoms with E-state index in [-0.39, 0.29) is 17.4 Å². The fourth-order valence-electron chi connectivity index (χ4n) is 1.71. The summed E-state index contributed by atoms with van der Waals surface area (Å²) >= 11 is 1.44. The topological polar surface area (TPSA) is 86.0 Å². The van der Waals surface area contributed by atoms with E-state index >= 15 is 0 Å². The first kappa shape index (κ1) is 14.8. The molecular formula is C15H13N3O2S. The largest absolute Gasteiger partial charge is 0.508 e. The molecule has 2 N–H and O–H groups in total. The van der Waals surface area contributed by atoms with E-state index < -0.39 is 5.91 Å². The Hall–Kier alpha value is -2.65. The molecule has 6 heteroatoms. The summed E-state index contributed by atoms with van der Waals surface area (Å²) in [4.78, 5) is 17.0. The molecule has 1 heterocycles. The molecule has 0 aliphatic rings. The highest BCUT2D eigenvalue weighted by molar-refractivity contribution is 7.09. The Kier molecular flexibility index (Phi) is 4.69. The molecule has 0 fully saturated rings. The summed E-state index contributed by atoms with van der Waals surface area (Å²) in [6, 6.07) is 8.02. The van der Waals surface area contributed by atoms with Gasteiger partial charge >= 0.3 is 0 Å². The summed E-state index contributed by atoms with van der Waals surface area (Å²) in [5.41, 5.74) is 2.26. The Bertz CT molecular complexity index is 702. The van der Waals surface area contributed by atoms with Crippen molar-refractivity contribution < 1.29 is 9.90 Å². The SMILES string of the molecule is CC(NC(=O)/C(C#N)=C/c1cccc(O)c1)c1cncs1. The molecule has 1 atom stereocenters. The Morgan fingerprint density at radius 1 is 1.57 bits per heavy atom. The predicted octanol–water partition coefficient (Wildman–Crippen LogP) is 2.63. The highest BCUT2D eigenvalue weighted by atomic mass is 32.1. The highest BCUT2D eigenvalue weighted by Crippen LogP contribution is 2.18. The number of phenols is 1. The number of hydrogen-bond donors (Lipinski definition) is 2. The number of aromatic hydroxyl groups is 1. The standard InChI is InChI=1S/C15H13N3O2S/c1-10(14-8-17-9-21-14)18-15(20)12(7-16)5-11-3-2-4-13(19)6-11/h2-6,8-10,19H,1H3,(H,18,20)/b12-5+. The van der Waals surface area contributed by atoms with E-state index in [2.05, 4.69) is 10.3 Å². The van der Waals surface area contributed by atoms with Gasteiger partial charge in [0.2, 0.25) is 0 Å². The third kappa shape index (κ3) is 3.91. The van der Waals surface area contributed by atoms with Gasteiger partial charge in [-0.05, 0) is 30.7 Å². The zero-order valence-electron chi connectivity index (χ0n) is 11.3. The van der Waals surface area contributed by atoms with Crippen LogP contribution in [0.25, 0.3) is 6.08 Å². The molecule has 0 saturated heterocycles. The minimum Gasteiger partial charge on any atom is -0.508 e. The van der Waals surface area contributed by atoms with Crippen molar-refractivity contribution in [1.82, 2.24) is 10.3 Å². The summed E-state index contributed by atoms with van der Waals surface area (Å²) < 4.78 is 0. The van der Waals surface area contributed by atoms with Crippen LogP contribution in [0, 0.1) is 11.3 Å². The highest BCUT2D eigenvalue weighted by Gasteiger charge is 2.14. The Balaban J connectivity index is 2.14. The third-order valence-electron chi connectivity index (χ3n) is 2.77. The number of phenolic OH excluding ortho intramolecular Hbond substituents is 1. The van der Waals surface area contributed by atoms with Crippen LogP contribution >= 0.6 is 11.3 Å². The molecule has 2 aromatic rings. The molecule has 2 rings (SSSR count). The van der Waals surface area contributed by atoms with Crippen LogP contribution in [0.15, 0.2) is 41.5 Å². The number of carbonyl (C=O) groups excluding carboxylic acids is 1. The number of aromatic nitrogens is 1. The molecule has 1 amide bonds. The number of carbonyl (C=O) groups is 1. The van der Waals surface area contributed by atoms with Crippen molar-refractivity contribution in [2.24, 2.45) is 0 Å². The van der Waals surface area contributed by atoms with Crippen LogP contribution in [0.1, 0.15) is 23.4 Å². The van der Waals surface area contributed by atoms with Gasteiger partial charge in [-0.2, -0.15) is 5.26 Å².